The molecule has 0 saturated carbocycles. The van der Waals surface area contributed by atoms with Crippen LogP contribution < -0.4 is 16.1 Å². The molecule has 146 valence electrons. The van der Waals surface area contributed by atoms with Crippen LogP contribution in [0, 0.1) is 5.82 Å². The monoisotopic (exact) mass is 386 g/mol. The van der Waals surface area contributed by atoms with Crippen molar-refractivity contribution >= 4 is 18.9 Å². The van der Waals surface area contributed by atoms with E-state index >= 15 is 0 Å². The second-order valence-corrected chi connectivity index (χ2v) is 6.70. The lowest BCUT2D eigenvalue weighted by Crippen LogP contribution is -2.35. The van der Waals surface area contributed by atoms with Gasteiger partial charge in [0.15, 0.2) is 5.78 Å². The summed E-state index contributed by atoms with van der Waals surface area (Å²) in [5.74, 6) is -2.62. The lowest BCUT2D eigenvalue weighted by atomic mass is 9.64. The summed E-state index contributed by atoms with van der Waals surface area (Å²) in [5.41, 5.74) is 12.6. The number of benzene rings is 2. The van der Waals surface area contributed by atoms with Gasteiger partial charge in [-0.15, -0.1) is 0 Å². The first-order valence-corrected chi connectivity index (χ1v) is 8.80. The largest absolute Gasteiger partial charge is 0.535 e. The van der Waals surface area contributed by atoms with E-state index in [9.17, 15) is 24.1 Å². The summed E-state index contributed by atoms with van der Waals surface area (Å²) in [7, 11) is -1.35. The van der Waals surface area contributed by atoms with Gasteiger partial charge in [-0.05, 0) is 35.7 Å². The van der Waals surface area contributed by atoms with Gasteiger partial charge in [-0.3, -0.25) is 4.79 Å². The summed E-state index contributed by atoms with van der Waals surface area (Å²) in [6, 6.07) is 7.29. The minimum Gasteiger partial charge on any atom is -0.535 e. The van der Waals surface area contributed by atoms with Crippen LogP contribution in [-0.2, 0) is 19.5 Å². The topological polar surface area (TPSA) is 136 Å². The van der Waals surface area contributed by atoms with Gasteiger partial charge in [0.25, 0.3) is 0 Å². The Kier molecular flexibility index (Phi) is 5.78. The molecule has 0 aromatic heterocycles. The van der Waals surface area contributed by atoms with E-state index in [1.54, 1.807) is 12.1 Å². The number of hydrogen-bond donors (Lipinski definition) is 4. The zero-order valence-electron chi connectivity index (χ0n) is 15.0. The van der Waals surface area contributed by atoms with Crippen LogP contribution in [0.25, 0.3) is 0 Å². The summed E-state index contributed by atoms with van der Waals surface area (Å²) >= 11 is 0. The van der Waals surface area contributed by atoms with E-state index < -0.39 is 24.7 Å². The first kappa shape index (κ1) is 20.0. The third-order valence-electron chi connectivity index (χ3n) is 4.93. The Morgan fingerprint density at radius 3 is 2.64 bits per heavy atom. The van der Waals surface area contributed by atoms with Gasteiger partial charge in [-0.2, -0.15) is 0 Å². The Bertz CT molecular complexity index is 937. The molecule has 1 atom stereocenters. The predicted octanol–water partition coefficient (Wildman–Crippen LogP) is 1.50. The van der Waals surface area contributed by atoms with Crippen molar-refractivity contribution in [2.24, 2.45) is 11.5 Å². The highest BCUT2D eigenvalue weighted by molar-refractivity contribution is 6.47. The van der Waals surface area contributed by atoms with Crippen molar-refractivity contribution < 1.29 is 28.8 Å². The highest BCUT2D eigenvalue weighted by atomic mass is 19.1. The fourth-order valence-electron chi connectivity index (χ4n) is 3.45. The van der Waals surface area contributed by atoms with Crippen molar-refractivity contribution in [3.05, 3.63) is 64.0 Å². The van der Waals surface area contributed by atoms with E-state index in [0.29, 0.717) is 11.1 Å². The van der Waals surface area contributed by atoms with E-state index in [-0.39, 0.29) is 54.2 Å². The summed E-state index contributed by atoms with van der Waals surface area (Å²) in [4.78, 5) is 24.0. The number of carboxylic acid groups (broad SMARTS) is 1. The molecule has 1 aliphatic heterocycles. The molecule has 9 heteroatoms. The lowest BCUT2D eigenvalue weighted by Gasteiger charge is -2.28. The van der Waals surface area contributed by atoms with E-state index in [2.05, 4.69) is 0 Å². The maximum atomic E-state index is 14.2. The number of hydrogen-bond acceptors (Lipinski definition) is 6. The number of fused-ring (bicyclic) bond motifs is 1. The van der Waals surface area contributed by atoms with Crippen LogP contribution >= 0.6 is 0 Å². The molecule has 6 N–H and O–H groups in total. The molecule has 0 amide bonds. The molecule has 0 spiro atoms. The molecule has 0 radical (unpaired) electrons. The smallest absolute Gasteiger partial charge is 0.526 e. The minimum absolute atomic E-state index is 0.0231. The van der Waals surface area contributed by atoms with E-state index in [1.807, 2.05) is 0 Å². The number of halogens is 1. The predicted molar refractivity (Wildman–Crippen MR) is 101 cm³/mol. The molecule has 0 bridgehead atoms. The number of para-hydroxylation sites is 1. The van der Waals surface area contributed by atoms with Crippen LogP contribution in [0.2, 0.25) is 5.82 Å². The van der Waals surface area contributed by atoms with Crippen LogP contribution in [0.5, 0.6) is 5.75 Å². The third-order valence-corrected chi connectivity index (χ3v) is 4.93. The van der Waals surface area contributed by atoms with E-state index in [0.717, 1.165) is 6.07 Å². The zero-order chi connectivity index (χ0) is 20.4. The van der Waals surface area contributed by atoms with Crippen LogP contribution in [0.1, 0.15) is 43.8 Å². The lowest BCUT2D eigenvalue weighted by molar-refractivity contribution is 0.0693. The summed E-state index contributed by atoms with van der Waals surface area (Å²) in [6.45, 7) is 0.0236. The molecule has 2 aromatic carbocycles. The van der Waals surface area contributed by atoms with Gasteiger partial charge in [0, 0.05) is 36.5 Å². The number of Topliss-reactive ketones (excluding diaryl/α,β-unsaturated/α-hetero) is 1. The number of aromatic carboxylic acids is 1. The van der Waals surface area contributed by atoms with Crippen LogP contribution in [0.15, 0.2) is 30.3 Å². The van der Waals surface area contributed by atoms with Gasteiger partial charge in [-0.25, -0.2) is 9.18 Å². The molecule has 1 heterocycles. The quantitative estimate of drug-likeness (QED) is 0.436. The molecule has 0 aliphatic carbocycles. The highest BCUT2D eigenvalue weighted by Gasteiger charge is 2.38. The molecule has 0 fully saturated rings. The van der Waals surface area contributed by atoms with Gasteiger partial charge in [0.2, 0.25) is 0 Å². The SMILES string of the molecule is NCc1cc(C(=O)C[C@H]2Cc3cccc(C(=O)O)c3OB2O)cc(F)c1CN. The van der Waals surface area contributed by atoms with Crippen LogP contribution in [0.3, 0.4) is 0 Å². The molecule has 0 saturated heterocycles. The van der Waals surface area contributed by atoms with Gasteiger partial charge < -0.3 is 26.3 Å². The van der Waals surface area contributed by atoms with Gasteiger partial charge >= 0.3 is 13.1 Å². The number of nitrogens with two attached hydrogens (primary N) is 2. The molecule has 1 aliphatic rings. The molecular weight excluding hydrogens is 366 g/mol. The average Bonchev–Trinajstić information content (AvgIpc) is 2.67. The Labute approximate surface area is 161 Å². The van der Waals surface area contributed by atoms with Crippen molar-refractivity contribution in [2.75, 3.05) is 0 Å². The van der Waals surface area contributed by atoms with Gasteiger partial charge in [-0.1, -0.05) is 12.1 Å². The van der Waals surface area contributed by atoms with Gasteiger partial charge in [0.05, 0.1) is 5.56 Å². The van der Waals surface area contributed by atoms with Gasteiger partial charge in [0.1, 0.15) is 11.6 Å². The number of rotatable bonds is 6. The summed E-state index contributed by atoms with van der Waals surface area (Å²) < 4.78 is 19.6. The number of ketones is 1. The van der Waals surface area contributed by atoms with Crippen molar-refractivity contribution in [3.63, 3.8) is 0 Å². The molecular formula is C19H20BFN2O5. The molecule has 7 nitrogen and oxygen atoms in total. The average molecular weight is 386 g/mol. The van der Waals surface area contributed by atoms with Crippen molar-refractivity contribution in [2.45, 2.75) is 31.7 Å². The standard InChI is InChI=1S/C19H20BFN2O5/c21-16-6-11(4-12(8-22)15(16)9-23)17(24)7-13-5-10-2-1-3-14(19(25)26)18(10)28-20(13)27/h1-4,6,13,27H,5,7-9,22-23H2,(H,25,26)/t13-/m1/s1. The van der Waals surface area contributed by atoms with Crippen molar-refractivity contribution in [3.8, 4) is 5.75 Å². The van der Waals surface area contributed by atoms with Crippen LogP contribution in [-0.4, -0.2) is 29.0 Å². The second-order valence-electron chi connectivity index (χ2n) is 6.70. The highest BCUT2D eigenvalue weighted by Crippen LogP contribution is 2.36. The fourth-order valence-corrected chi connectivity index (χ4v) is 3.45. The molecule has 3 rings (SSSR count). The summed E-state index contributed by atoms with van der Waals surface area (Å²) in [6.07, 6.45) is 0.166. The number of carboxylic acids is 1. The maximum Gasteiger partial charge on any atom is 0.526 e. The van der Waals surface area contributed by atoms with Crippen molar-refractivity contribution in [1.82, 2.24) is 0 Å². The maximum absolute atomic E-state index is 14.2. The molecule has 28 heavy (non-hydrogen) atoms. The Morgan fingerprint density at radius 2 is 2.00 bits per heavy atom. The number of carbonyl (C=O) groups is 2. The zero-order valence-corrected chi connectivity index (χ0v) is 15.0. The van der Waals surface area contributed by atoms with E-state index in [4.69, 9.17) is 16.1 Å². The fraction of sp³-hybridized carbons (Fsp3) is 0.263. The number of carbonyl (C=O) groups excluding carboxylic acids is 1. The van der Waals surface area contributed by atoms with Crippen LogP contribution in [0.4, 0.5) is 4.39 Å². The first-order chi connectivity index (χ1) is 13.3. The van der Waals surface area contributed by atoms with E-state index in [1.165, 1.54) is 12.1 Å². The summed E-state index contributed by atoms with van der Waals surface area (Å²) in [5, 5.41) is 19.5. The Hall–Kier alpha value is -2.75. The molecule has 0 unspecified atom stereocenters. The Morgan fingerprint density at radius 1 is 1.25 bits per heavy atom. The normalized spacial score (nSPS) is 15.7. The first-order valence-electron chi connectivity index (χ1n) is 8.80. The Balaban J connectivity index is 1.83. The third kappa shape index (κ3) is 3.77. The van der Waals surface area contributed by atoms with Crippen molar-refractivity contribution in [1.29, 1.82) is 0 Å². The second kappa shape index (κ2) is 8.09. The minimum atomic E-state index is -1.35. The molecule has 2 aromatic rings.